The topological polar surface area (TPSA) is 29.7 Å². The van der Waals surface area contributed by atoms with Gasteiger partial charge in [-0.3, -0.25) is 0 Å². The van der Waals surface area contributed by atoms with Gasteiger partial charge in [0, 0.05) is 29.6 Å². The molecule has 0 aliphatic carbocycles. The summed E-state index contributed by atoms with van der Waals surface area (Å²) in [6.45, 7) is 2.00. The van der Waals surface area contributed by atoms with Crippen LogP contribution in [0.15, 0.2) is 84.1 Å². The van der Waals surface area contributed by atoms with Crippen LogP contribution >= 0.6 is 0 Å². The summed E-state index contributed by atoms with van der Waals surface area (Å²) in [6.07, 6.45) is 4.43. The lowest BCUT2D eigenvalue weighted by molar-refractivity contribution is 0.630. The fourth-order valence-electron chi connectivity index (χ4n) is 2.94. The van der Waals surface area contributed by atoms with E-state index in [9.17, 15) is 4.39 Å². The zero-order chi connectivity index (χ0) is 17.9. The quantitative estimate of drug-likeness (QED) is 0.468. The normalized spacial score (nSPS) is 10.8. The highest BCUT2D eigenvalue weighted by Crippen LogP contribution is 2.22. The molecule has 0 aliphatic rings. The molecule has 2 aromatic carbocycles. The van der Waals surface area contributed by atoms with Crippen LogP contribution in [0.1, 0.15) is 23.7 Å². The molecule has 0 bridgehead atoms. The highest BCUT2D eigenvalue weighted by molar-refractivity contribution is 6.13. The molecule has 3 nitrogen and oxygen atoms in total. The molecule has 0 amide bonds. The maximum absolute atomic E-state index is 14.5. The first-order valence-electron chi connectivity index (χ1n) is 8.61. The molecule has 0 aliphatic heterocycles. The first kappa shape index (κ1) is 16.2. The third-order valence-electron chi connectivity index (χ3n) is 4.24. The van der Waals surface area contributed by atoms with Crippen molar-refractivity contribution < 1.29 is 4.39 Å². The predicted octanol–water partition coefficient (Wildman–Crippen LogP) is 5.20. The number of imidazole rings is 1. The first-order valence-corrected chi connectivity index (χ1v) is 8.61. The first-order chi connectivity index (χ1) is 12.7. The summed E-state index contributed by atoms with van der Waals surface area (Å²) in [6, 6.07) is 21.3. The molecule has 2 aromatic heterocycles. The van der Waals surface area contributed by atoms with E-state index in [1.165, 1.54) is 6.07 Å². The van der Waals surface area contributed by atoms with Gasteiger partial charge in [-0.05, 0) is 6.42 Å². The zero-order valence-electron chi connectivity index (χ0n) is 14.4. The van der Waals surface area contributed by atoms with Gasteiger partial charge in [-0.1, -0.05) is 67.6 Å². The highest BCUT2D eigenvalue weighted by atomic mass is 19.1. The SMILES string of the molecule is CCc1cn2cc(N=C(c3ccccc3)c3ccccc3)cc(F)c2n1. The number of fused-ring (bicyclic) bond motifs is 1. The molecule has 4 aromatic rings. The second kappa shape index (κ2) is 6.92. The number of pyridine rings is 1. The van der Waals surface area contributed by atoms with E-state index in [1.807, 2.05) is 80.0 Å². The molecule has 26 heavy (non-hydrogen) atoms. The molecule has 0 saturated carbocycles. The maximum Gasteiger partial charge on any atom is 0.173 e. The van der Waals surface area contributed by atoms with Gasteiger partial charge in [0.2, 0.25) is 0 Å². The molecule has 128 valence electrons. The Morgan fingerprint density at radius 3 is 2.15 bits per heavy atom. The Bertz CT molecular complexity index is 1030. The summed E-state index contributed by atoms with van der Waals surface area (Å²) in [5, 5.41) is 0. The van der Waals surface area contributed by atoms with Gasteiger partial charge in [-0.15, -0.1) is 0 Å². The van der Waals surface area contributed by atoms with Crippen LogP contribution < -0.4 is 0 Å². The van der Waals surface area contributed by atoms with Crippen LogP contribution in [0, 0.1) is 5.82 Å². The van der Waals surface area contributed by atoms with Crippen LogP contribution in [0.5, 0.6) is 0 Å². The molecule has 4 heteroatoms. The smallest absolute Gasteiger partial charge is 0.173 e. The standard InChI is InChI=1S/C22H18FN3/c1-2-18-14-26-15-19(13-20(23)22(26)25-18)24-21(16-9-5-3-6-10-16)17-11-7-4-8-12-17/h3-15H,2H2,1H3. The molecule has 0 fully saturated rings. The van der Waals surface area contributed by atoms with Gasteiger partial charge < -0.3 is 4.40 Å². The lowest BCUT2D eigenvalue weighted by Gasteiger charge is -2.08. The van der Waals surface area contributed by atoms with Crippen molar-refractivity contribution in [1.82, 2.24) is 9.38 Å². The number of hydrogen-bond acceptors (Lipinski definition) is 2. The second-order valence-corrected chi connectivity index (χ2v) is 6.06. The number of aromatic nitrogens is 2. The third kappa shape index (κ3) is 3.14. The number of halogens is 1. The number of nitrogens with zero attached hydrogens (tertiary/aromatic N) is 3. The van der Waals surface area contributed by atoms with Crippen LogP contribution in [0.25, 0.3) is 5.65 Å². The van der Waals surface area contributed by atoms with Crippen LogP contribution in [0.2, 0.25) is 0 Å². The van der Waals surface area contributed by atoms with Crippen LogP contribution in [-0.2, 0) is 6.42 Å². The van der Waals surface area contributed by atoms with Gasteiger partial charge in [0.25, 0.3) is 0 Å². The van der Waals surface area contributed by atoms with E-state index in [1.54, 1.807) is 4.40 Å². The van der Waals surface area contributed by atoms with Crippen molar-refractivity contribution >= 4 is 17.0 Å². The Kier molecular flexibility index (Phi) is 4.32. The molecule has 0 spiro atoms. The minimum atomic E-state index is -0.369. The molecule has 0 unspecified atom stereocenters. The van der Waals surface area contributed by atoms with Crippen molar-refractivity contribution in [3.05, 3.63) is 102 Å². The molecule has 0 radical (unpaired) electrons. The number of aryl methyl sites for hydroxylation is 1. The number of aliphatic imine (C=N–C) groups is 1. The van der Waals surface area contributed by atoms with Crippen LogP contribution in [0.3, 0.4) is 0 Å². The van der Waals surface area contributed by atoms with Crippen molar-refractivity contribution in [3.63, 3.8) is 0 Å². The summed E-state index contributed by atoms with van der Waals surface area (Å²) < 4.78 is 16.2. The minimum absolute atomic E-state index is 0.335. The lowest BCUT2D eigenvalue weighted by atomic mass is 10.0. The van der Waals surface area contributed by atoms with E-state index < -0.39 is 0 Å². The largest absolute Gasteiger partial charge is 0.302 e. The van der Waals surface area contributed by atoms with Gasteiger partial charge in [0.15, 0.2) is 11.5 Å². The van der Waals surface area contributed by atoms with Gasteiger partial charge in [0.1, 0.15) is 0 Å². The Labute approximate surface area is 151 Å². The van der Waals surface area contributed by atoms with Crippen molar-refractivity contribution in [2.45, 2.75) is 13.3 Å². The molecule has 0 atom stereocenters. The molecule has 2 heterocycles. The molecule has 0 saturated heterocycles. The van der Waals surface area contributed by atoms with Crippen LogP contribution in [0.4, 0.5) is 10.1 Å². The maximum atomic E-state index is 14.5. The zero-order valence-corrected chi connectivity index (χ0v) is 14.4. The van der Waals surface area contributed by atoms with Crippen LogP contribution in [-0.4, -0.2) is 15.1 Å². The number of rotatable bonds is 4. The van der Waals surface area contributed by atoms with Crippen molar-refractivity contribution in [2.24, 2.45) is 4.99 Å². The molecule has 4 rings (SSSR count). The summed E-state index contributed by atoms with van der Waals surface area (Å²) in [4.78, 5) is 9.08. The van der Waals surface area contributed by atoms with Crippen molar-refractivity contribution in [2.75, 3.05) is 0 Å². The lowest BCUT2D eigenvalue weighted by Crippen LogP contribution is -2.02. The molecule has 0 N–H and O–H groups in total. The van der Waals surface area contributed by atoms with Crippen molar-refractivity contribution in [3.8, 4) is 0 Å². The van der Waals surface area contributed by atoms with Gasteiger partial charge >= 0.3 is 0 Å². The van der Waals surface area contributed by atoms with E-state index in [0.717, 1.165) is 29.0 Å². The monoisotopic (exact) mass is 343 g/mol. The van der Waals surface area contributed by atoms with E-state index in [2.05, 4.69) is 4.98 Å². The Morgan fingerprint density at radius 1 is 0.962 bits per heavy atom. The average molecular weight is 343 g/mol. The van der Waals surface area contributed by atoms with E-state index in [4.69, 9.17) is 4.99 Å². The fourth-order valence-corrected chi connectivity index (χ4v) is 2.94. The average Bonchev–Trinajstić information content (AvgIpc) is 3.11. The van der Waals surface area contributed by atoms with E-state index in [-0.39, 0.29) is 5.82 Å². The number of hydrogen-bond donors (Lipinski definition) is 0. The van der Waals surface area contributed by atoms with E-state index >= 15 is 0 Å². The Hall–Kier alpha value is -3.27. The highest BCUT2D eigenvalue weighted by Gasteiger charge is 2.10. The predicted molar refractivity (Wildman–Crippen MR) is 103 cm³/mol. The molecular weight excluding hydrogens is 325 g/mol. The van der Waals surface area contributed by atoms with E-state index in [0.29, 0.717) is 11.3 Å². The van der Waals surface area contributed by atoms with Gasteiger partial charge in [-0.25, -0.2) is 14.4 Å². The summed E-state index contributed by atoms with van der Waals surface area (Å²) in [7, 11) is 0. The Balaban J connectivity index is 1.88. The fraction of sp³-hybridized carbons (Fsp3) is 0.0909. The Morgan fingerprint density at radius 2 is 1.58 bits per heavy atom. The minimum Gasteiger partial charge on any atom is -0.302 e. The summed E-state index contributed by atoms with van der Waals surface area (Å²) in [5.41, 5.74) is 4.52. The van der Waals surface area contributed by atoms with Gasteiger partial charge in [0.05, 0.1) is 17.1 Å². The van der Waals surface area contributed by atoms with Crippen molar-refractivity contribution in [1.29, 1.82) is 0 Å². The number of benzene rings is 2. The molecular formula is C22H18FN3. The second-order valence-electron chi connectivity index (χ2n) is 6.06. The summed E-state index contributed by atoms with van der Waals surface area (Å²) >= 11 is 0. The van der Waals surface area contributed by atoms with Gasteiger partial charge in [-0.2, -0.15) is 0 Å². The third-order valence-corrected chi connectivity index (χ3v) is 4.24. The summed E-state index contributed by atoms with van der Waals surface area (Å²) in [5.74, 6) is -0.369.